The molecule has 1 N–H and O–H groups in total. The zero-order valence-corrected chi connectivity index (χ0v) is 16.2. The molecule has 0 aliphatic carbocycles. The van der Waals surface area contributed by atoms with E-state index in [4.69, 9.17) is 14.5 Å². The largest absolute Gasteiger partial charge is 0.493 e. The maximum atomic E-state index is 11.1. The zero-order chi connectivity index (χ0) is 20.4. The second kappa shape index (κ2) is 7.89. The van der Waals surface area contributed by atoms with Crippen molar-refractivity contribution in [3.8, 4) is 22.8 Å². The van der Waals surface area contributed by atoms with Gasteiger partial charge >= 0.3 is 0 Å². The number of fused-ring (bicyclic) bond motifs is 1. The van der Waals surface area contributed by atoms with Crippen molar-refractivity contribution in [2.24, 2.45) is 0 Å². The maximum absolute atomic E-state index is 11.1. The minimum atomic E-state index is -0.397. The number of hydrogen-bond donors (Lipinski definition) is 1. The fourth-order valence-corrected chi connectivity index (χ4v) is 3.70. The molecule has 0 spiro atoms. The third-order valence-electron chi connectivity index (χ3n) is 5.12. The molecule has 7 nitrogen and oxygen atoms in total. The Morgan fingerprint density at radius 2 is 1.83 bits per heavy atom. The lowest BCUT2D eigenvalue weighted by Crippen LogP contribution is -2.31. The molecule has 4 rings (SSSR count). The molecule has 1 atom stereocenters. The molecular weight excluding hydrogens is 370 g/mol. The molecule has 1 aliphatic heterocycles. The molecule has 0 amide bonds. The topological polar surface area (TPSA) is 86.5 Å². The van der Waals surface area contributed by atoms with Crippen LogP contribution in [-0.4, -0.2) is 30.7 Å². The molecule has 1 unspecified atom stereocenters. The number of rotatable bonds is 5. The minimum absolute atomic E-state index is 0.0488. The van der Waals surface area contributed by atoms with E-state index in [1.54, 1.807) is 26.4 Å². The Morgan fingerprint density at radius 1 is 1.07 bits per heavy atom. The smallest absolute Gasteiger partial charge is 0.270 e. The number of nitrogens with zero attached hydrogens (tertiary/aromatic N) is 2. The van der Waals surface area contributed by atoms with Crippen molar-refractivity contribution >= 4 is 5.69 Å². The minimum Gasteiger partial charge on any atom is -0.493 e. The number of pyridine rings is 1. The average molecular weight is 391 g/mol. The molecule has 2 aromatic carbocycles. The van der Waals surface area contributed by atoms with Crippen LogP contribution in [0.15, 0.2) is 54.6 Å². The number of nitrogens with one attached hydrogen (secondary N) is 1. The van der Waals surface area contributed by atoms with Crippen molar-refractivity contribution in [2.45, 2.75) is 12.5 Å². The van der Waals surface area contributed by atoms with Crippen LogP contribution in [0.2, 0.25) is 0 Å². The van der Waals surface area contributed by atoms with Crippen molar-refractivity contribution in [3.05, 3.63) is 81.5 Å². The third kappa shape index (κ3) is 3.64. The van der Waals surface area contributed by atoms with Crippen LogP contribution in [0.25, 0.3) is 11.3 Å². The third-order valence-corrected chi connectivity index (χ3v) is 5.12. The van der Waals surface area contributed by atoms with Crippen LogP contribution in [0.3, 0.4) is 0 Å². The standard InChI is InChI=1S/C22H21N3O4/c1-28-20-12-14-9-10-23-22(17(14)13-21(20)29-2)19-8-4-7-18(24-19)15-5-3-6-16(11-15)25(26)27/h3-8,11-13,22-23H,9-10H2,1-2H3. The summed E-state index contributed by atoms with van der Waals surface area (Å²) in [6, 6.07) is 16.2. The highest BCUT2D eigenvalue weighted by molar-refractivity contribution is 5.63. The predicted octanol–water partition coefficient (Wildman–Crippen LogP) is 3.91. The van der Waals surface area contributed by atoms with Crippen LogP contribution in [0.1, 0.15) is 22.9 Å². The van der Waals surface area contributed by atoms with E-state index >= 15 is 0 Å². The molecule has 0 saturated carbocycles. The van der Waals surface area contributed by atoms with Crippen LogP contribution >= 0.6 is 0 Å². The SMILES string of the molecule is COc1cc2c(cc1OC)C(c1cccc(-c3cccc([N+](=O)[O-])c3)n1)NCC2. The van der Waals surface area contributed by atoms with Gasteiger partial charge in [0.2, 0.25) is 0 Å². The number of hydrogen-bond acceptors (Lipinski definition) is 6. The van der Waals surface area contributed by atoms with E-state index in [9.17, 15) is 10.1 Å². The van der Waals surface area contributed by atoms with Crippen molar-refractivity contribution in [1.29, 1.82) is 0 Å². The molecule has 3 aromatic rings. The number of ether oxygens (including phenoxy) is 2. The normalized spacial score (nSPS) is 15.4. The van der Waals surface area contributed by atoms with Crippen LogP contribution < -0.4 is 14.8 Å². The maximum Gasteiger partial charge on any atom is 0.270 e. The Bertz CT molecular complexity index is 1070. The summed E-state index contributed by atoms with van der Waals surface area (Å²) >= 11 is 0. The van der Waals surface area contributed by atoms with Gasteiger partial charge in [-0.25, -0.2) is 0 Å². The fraction of sp³-hybridized carbons (Fsp3) is 0.227. The van der Waals surface area contributed by atoms with Gasteiger partial charge in [-0.2, -0.15) is 0 Å². The second-order valence-electron chi connectivity index (χ2n) is 6.80. The second-order valence-corrected chi connectivity index (χ2v) is 6.80. The predicted molar refractivity (Wildman–Crippen MR) is 109 cm³/mol. The molecular formula is C22H21N3O4. The fourth-order valence-electron chi connectivity index (χ4n) is 3.70. The Balaban J connectivity index is 1.75. The Hall–Kier alpha value is -3.45. The number of non-ortho nitro benzene ring substituents is 1. The van der Waals surface area contributed by atoms with E-state index < -0.39 is 4.92 Å². The van der Waals surface area contributed by atoms with Crippen LogP contribution in [-0.2, 0) is 6.42 Å². The Morgan fingerprint density at radius 3 is 2.59 bits per heavy atom. The highest BCUT2D eigenvalue weighted by atomic mass is 16.6. The van der Waals surface area contributed by atoms with Crippen molar-refractivity contribution < 1.29 is 14.4 Å². The van der Waals surface area contributed by atoms with E-state index in [0.717, 1.165) is 24.2 Å². The van der Waals surface area contributed by atoms with E-state index in [0.29, 0.717) is 22.8 Å². The van der Waals surface area contributed by atoms with Gasteiger partial charge in [0, 0.05) is 24.2 Å². The molecule has 0 saturated heterocycles. The summed E-state index contributed by atoms with van der Waals surface area (Å²) in [7, 11) is 3.25. The summed E-state index contributed by atoms with van der Waals surface area (Å²) < 4.78 is 10.9. The molecule has 0 bridgehead atoms. The highest BCUT2D eigenvalue weighted by Gasteiger charge is 2.25. The van der Waals surface area contributed by atoms with Crippen LogP contribution in [0.5, 0.6) is 11.5 Å². The lowest BCUT2D eigenvalue weighted by atomic mass is 9.91. The van der Waals surface area contributed by atoms with Crippen molar-refractivity contribution in [3.63, 3.8) is 0 Å². The monoisotopic (exact) mass is 391 g/mol. The van der Waals surface area contributed by atoms with Crippen molar-refractivity contribution in [2.75, 3.05) is 20.8 Å². The highest BCUT2D eigenvalue weighted by Crippen LogP contribution is 2.37. The van der Waals surface area contributed by atoms with E-state index in [1.165, 1.54) is 11.6 Å². The summed E-state index contributed by atoms with van der Waals surface area (Å²) in [4.78, 5) is 15.5. The first-order valence-electron chi connectivity index (χ1n) is 9.30. The van der Waals surface area contributed by atoms with E-state index in [-0.39, 0.29) is 11.7 Å². The summed E-state index contributed by atoms with van der Waals surface area (Å²) in [5.41, 5.74) is 4.59. The molecule has 0 fully saturated rings. The molecule has 29 heavy (non-hydrogen) atoms. The number of methoxy groups -OCH3 is 2. The number of nitro groups is 1. The summed E-state index contributed by atoms with van der Waals surface area (Å²) in [5.74, 6) is 1.39. The molecule has 0 radical (unpaired) electrons. The molecule has 148 valence electrons. The van der Waals surface area contributed by atoms with Crippen LogP contribution in [0, 0.1) is 10.1 Å². The van der Waals surface area contributed by atoms with Crippen LogP contribution in [0.4, 0.5) is 5.69 Å². The summed E-state index contributed by atoms with van der Waals surface area (Å²) in [6.45, 7) is 0.815. The first kappa shape index (κ1) is 18.9. The van der Waals surface area contributed by atoms with Gasteiger partial charge in [0.1, 0.15) is 0 Å². The zero-order valence-electron chi connectivity index (χ0n) is 16.2. The number of aromatic nitrogens is 1. The van der Waals surface area contributed by atoms with Gasteiger partial charge < -0.3 is 14.8 Å². The quantitative estimate of drug-likeness (QED) is 0.524. The average Bonchev–Trinajstić information content (AvgIpc) is 2.77. The summed E-state index contributed by atoms with van der Waals surface area (Å²) in [5, 5.41) is 14.6. The van der Waals surface area contributed by atoms with E-state index in [2.05, 4.69) is 5.32 Å². The van der Waals surface area contributed by atoms with Gasteiger partial charge in [-0.05, 0) is 41.8 Å². The lowest BCUT2D eigenvalue weighted by Gasteiger charge is -2.28. The Kier molecular flexibility index (Phi) is 5.14. The van der Waals surface area contributed by atoms with Crippen molar-refractivity contribution in [1.82, 2.24) is 10.3 Å². The summed E-state index contributed by atoms with van der Waals surface area (Å²) in [6.07, 6.45) is 0.886. The number of benzene rings is 2. The van der Waals surface area contributed by atoms with Gasteiger partial charge in [-0.3, -0.25) is 15.1 Å². The first-order chi connectivity index (χ1) is 14.1. The first-order valence-corrected chi connectivity index (χ1v) is 9.30. The number of nitro benzene ring substituents is 1. The van der Waals surface area contributed by atoms with Gasteiger partial charge in [-0.15, -0.1) is 0 Å². The van der Waals surface area contributed by atoms with Gasteiger partial charge in [0.05, 0.1) is 36.6 Å². The molecule has 1 aliphatic rings. The Labute approximate surface area is 168 Å². The van der Waals surface area contributed by atoms with E-state index in [1.807, 2.05) is 36.4 Å². The van der Waals surface area contributed by atoms with Gasteiger partial charge in [-0.1, -0.05) is 18.2 Å². The van der Waals surface area contributed by atoms with Gasteiger partial charge in [0.15, 0.2) is 11.5 Å². The molecule has 7 heteroatoms. The molecule has 2 heterocycles. The molecule has 1 aromatic heterocycles. The van der Waals surface area contributed by atoms with Gasteiger partial charge in [0.25, 0.3) is 5.69 Å². The lowest BCUT2D eigenvalue weighted by molar-refractivity contribution is -0.384.